The van der Waals surface area contributed by atoms with E-state index in [-0.39, 0.29) is 0 Å². The topological polar surface area (TPSA) is 20.3 Å². The molecule has 2 rings (SSSR count). The van der Waals surface area contributed by atoms with E-state index in [0.717, 1.165) is 32.5 Å². The molecule has 0 aliphatic carbocycles. The summed E-state index contributed by atoms with van der Waals surface area (Å²) < 4.78 is 0. The van der Waals surface area contributed by atoms with Gasteiger partial charge in [-0.2, -0.15) is 0 Å². The third-order valence-corrected chi connectivity index (χ3v) is 4.13. The van der Waals surface area contributed by atoms with E-state index in [1.54, 1.807) is 0 Å². The fourth-order valence-electron chi connectivity index (χ4n) is 2.85. The van der Waals surface area contributed by atoms with E-state index in [0.29, 0.717) is 11.7 Å². The molecular weight excluding hydrogens is 234 g/mol. The minimum Gasteiger partial charge on any atom is -0.302 e. The summed E-state index contributed by atoms with van der Waals surface area (Å²) in [5, 5.41) is 0. The molecule has 1 aliphatic heterocycles. The van der Waals surface area contributed by atoms with E-state index in [4.69, 9.17) is 0 Å². The quantitative estimate of drug-likeness (QED) is 0.731. The lowest BCUT2D eigenvalue weighted by Crippen LogP contribution is -2.40. The summed E-state index contributed by atoms with van der Waals surface area (Å²) in [6, 6.07) is 10.7. The second kappa shape index (κ2) is 7.44. The number of hydrogen-bond donors (Lipinski definition) is 0. The van der Waals surface area contributed by atoms with E-state index in [9.17, 15) is 4.79 Å². The van der Waals surface area contributed by atoms with Crippen molar-refractivity contribution in [2.45, 2.75) is 39.0 Å². The highest BCUT2D eigenvalue weighted by atomic mass is 16.1. The molecule has 1 atom stereocenters. The van der Waals surface area contributed by atoms with E-state index >= 15 is 0 Å². The molecule has 2 nitrogen and oxygen atoms in total. The molecule has 0 aromatic heterocycles. The van der Waals surface area contributed by atoms with Crippen LogP contribution in [0.25, 0.3) is 0 Å². The van der Waals surface area contributed by atoms with Crippen LogP contribution in [-0.2, 0) is 11.2 Å². The van der Waals surface area contributed by atoms with Crippen LogP contribution >= 0.6 is 0 Å². The molecule has 0 amide bonds. The standard InChI is InChI=1S/C17H25NO/c1-2-16-14-18(13-11-17(16)19)12-7-6-10-15-8-4-3-5-9-15/h3-5,8-9,16H,2,6-7,10-14H2,1H3. The predicted octanol–water partition coefficient (Wildman–Crippen LogP) is 3.31. The number of piperidine rings is 1. The summed E-state index contributed by atoms with van der Waals surface area (Å²) in [5.74, 6) is 0.769. The Morgan fingerprint density at radius 3 is 2.74 bits per heavy atom. The Morgan fingerprint density at radius 1 is 1.21 bits per heavy atom. The van der Waals surface area contributed by atoms with Crippen molar-refractivity contribution in [3.05, 3.63) is 35.9 Å². The Kier molecular flexibility index (Phi) is 5.59. The molecule has 0 spiro atoms. The van der Waals surface area contributed by atoms with Crippen LogP contribution < -0.4 is 0 Å². The number of carbonyl (C=O) groups excluding carboxylic acids is 1. The van der Waals surface area contributed by atoms with Crippen molar-refractivity contribution in [1.82, 2.24) is 4.90 Å². The van der Waals surface area contributed by atoms with Crippen LogP contribution in [0.15, 0.2) is 30.3 Å². The number of hydrogen-bond acceptors (Lipinski definition) is 2. The maximum Gasteiger partial charge on any atom is 0.138 e. The highest BCUT2D eigenvalue weighted by Gasteiger charge is 2.24. The van der Waals surface area contributed by atoms with Crippen molar-refractivity contribution < 1.29 is 4.79 Å². The third kappa shape index (κ3) is 4.46. The monoisotopic (exact) mass is 259 g/mol. The smallest absolute Gasteiger partial charge is 0.138 e. The largest absolute Gasteiger partial charge is 0.302 e. The molecule has 0 N–H and O–H groups in total. The van der Waals surface area contributed by atoms with Gasteiger partial charge in [0.05, 0.1) is 0 Å². The maximum atomic E-state index is 11.7. The predicted molar refractivity (Wildman–Crippen MR) is 79.2 cm³/mol. The van der Waals surface area contributed by atoms with Crippen LogP contribution in [-0.4, -0.2) is 30.3 Å². The van der Waals surface area contributed by atoms with Gasteiger partial charge in [0.1, 0.15) is 5.78 Å². The average Bonchev–Trinajstić information content (AvgIpc) is 2.46. The minimum absolute atomic E-state index is 0.294. The molecule has 19 heavy (non-hydrogen) atoms. The van der Waals surface area contributed by atoms with E-state index < -0.39 is 0 Å². The summed E-state index contributed by atoms with van der Waals surface area (Å²) >= 11 is 0. The second-order valence-electron chi connectivity index (χ2n) is 5.56. The first-order valence-corrected chi connectivity index (χ1v) is 7.58. The molecule has 1 heterocycles. The van der Waals surface area contributed by atoms with Crippen LogP contribution in [0.3, 0.4) is 0 Å². The van der Waals surface area contributed by atoms with Gasteiger partial charge in [-0.05, 0) is 37.8 Å². The second-order valence-corrected chi connectivity index (χ2v) is 5.56. The summed E-state index contributed by atoms with van der Waals surface area (Å²) in [6.07, 6.45) is 5.41. The van der Waals surface area contributed by atoms with Gasteiger partial charge >= 0.3 is 0 Å². The fourth-order valence-corrected chi connectivity index (χ4v) is 2.85. The molecule has 1 aliphatic rings. The lowest BCUT2D eigenvalue weighted by molar-refractivity contribution is -0.126. The first kappa shape index (κ1) is 14.3. The highest BCUT2D eigenvalue weighted by molar-refractivity contribution is 5.82. The molecule has 2 heteroatoms. The van der Waals surface area contributed by atoms with Crippen LogP contribution in [0.5, 0.6) is 0 Å². The zero-order valence-electron chi connectivity index (χ0n) is 12.0. The molecule has 1 unspecified atom stereocenters. The number of likely N-dealkylation sites (tertiary alicyclic amines) is 1. The Balaban J connectivity index is 1.65. The number of rotatable bonds is 6. The summed E-state index contributed by atoms with van der Waals surface area (Å²) in [4.78, 5) is 14.1. The third-order valence-electron chi connectivity index (χ3n) is 4.13. The Morgan fingerprint density at radius 2 is 2.00 bits per heavy atom. The molecule has 0 saturated carbocycles. The average molecular weight is 259 g/mol. The van der Waals surface area contributed by atoms with Gasteiger partial charge in [0, 0.05) is 25.4 Å². The number of nitrogens with zero attached hydrogens (tertiary/aromatic N) is 1. The number of aryl methyl sites for hydroxylation is 1. The SMILES string of the molecule is CCC1CN(CCCCc2ccccc2)CCC1=O. The van der Waals surface area contributed by atoms with Crippen molar-refractivity contribution in [3.63, 3.8) is 0 Å². The van der Waals surface area contributed by atoms with Gasteiger partial charge in [0.25, 0.3) is 0 Å². The summed E-state index contributed by atoms with van der Waals surface area (Å²) in [7, 11) is 0. The zero-order valence-corrected chi connectivity index (χ0v) is 12.0. The number of unbranched alkanes of at least 4 members (excludes halogenated alkanes) is 1. The van der Waals surface area contributed by atoms with Crippen molar-refractivity contribution in [1.29, 1.82) is 0 Å². The van der Waals surface area contributed by atoms with Gasteiger partial charge in [-0.3, -0.25) is 4.79 Å². The normalized spacial score (nSPS) is 20.7. The fraction of sp³-hybridized carbons (Fsp3) is 0.588. The number of carbonyl (C=O) groups is 1. The lowest BCUT2D eigenvalue weighted by Gasteiger charge is -2.31. The van der Waals surface area contributed by atoms with Gasteiger partial charge in [-0.1, -0.05) is 37.3 Å². The number of benzene rings is 1. The van der Waals surface area contributed by atoms with Gasteiger partial charge in [-0.25, -0.2) is 0 Å². The van der Waals surface area contributed by atoms with Crippen molar-refractivity contribution in [2.24, 2.45) is 5.92 Å². The zero-order chi connectivity index (χ0) is 13.5. The first-order valence-electron chi connectivity index (χ1n) is 7.58. The molecule has 1 aromatic carbocycles. The molecule has 1 saturated heterocycles. The highest BCUT2D eigenvalue weighted by Crippen LogP contribution is 2.16. The summed E-state index contributed by atoms with van der Waals surface area (Å²) in [5.41, 5.74) is 1.43. The Bertz CT molecular complexity index is 388. The van der Waals surface area contributed by atoms with E-state index in [1.165, 1.54) is 24.8 Å². The minimum atomic E-state index is 0.294. The van der Waals surface area contributed by atoms with Gasteiger partial charge < -0.3 is 4.90 Å². The Labute approximate surface area is 116 Å². The summed E-state index contributed by atoms with van der Waals surface area (Å²) in [6.45, 7) is 5.24. The first-order chi connectivity index (χ1) is 9.29. The van der Waals surface area contributed by atoms with Crippen LogP contribution in [0, 0.1) is 5.92 Å². The number of Topliss-reactive ketones (excluding diaryl/α,β-unsaturated/α-hetero) is 1. The molecule has 1 fully saturated rings. The molecule has 1 aromatic rings. The lowest BCUT2D eigenvalue weighted by atomic mass is 9.94. The molecular formula is C17H25NO. The van der Waals surface area contributed by atoms with Crippen molar-refractivity contribution in [2.75, 3.05) is 19.6 Å². The van der Waals surface area contributed by atoms with Crippen LogP contribution in [0.1, 0.15) is 38.2 Å². The van der Waals surface area contributed by atoms with Gasteiger partial charge in [-0.15, -0.1) is 0 Å². The van der Waals surface area contributed by atoms with Crippen LogP contribution in [0.2, 0.25) is 0 Å². The van der Waals surface area contributed by atoms with Crippen molar-refractivity contribution >= 4 is 5.78 Å². The van der Waals surface area contributed by atoms with Gasteiger partial charge in [0.2, 0.25) is 0 Å². The van der Waals surface area contributed by atoms with Gasteiger partial charge in [0.15, 0.2) is 0 Å². The van der Waals surface area contributed by atoms with E-state index in [1.807, 2.05) is 0 Å². The molecule has 0 radical (unpaired) electrons. The molecule has 0 bridgehead atoms. The number of ketones is 1. The molecule has 104 valence electrons. The Hall–Kier alpha value is -1.15. The van der Waals surface area contributed by atoms with E-state index in [2.05, 4.69) is 42.2 Å². The maximum absolute atomic E-state index is 11.7. The van der Waals surface area contributed by atoms with Crippen molar-refractivity contribution in [3.8, 4) is 0 Å². The van der Waals surface area contributed by atoms with Crippen LogP contribution in [0.4, 0.5) is 0 Å².